The smallest absolute Gasteiger partial charge is 0.353 e. The molecule has 0 unspecified atom stereocenters. The van der Waals surface area contributed by atoms with Gasteiger partial charge in [0, 0.05) is 6.20 Å². The number of hydrogen-bond donors (Lipinski definition) is 1. The van der Waals surface area contributed by atoms with E-state index in [4.69, 9.17) is 0 Å². The quantitative estimate of drug-likeness (QED) is 0.755. The summed E-state index contributed by atoms with van der Waals surface area (Å²) in [6.45, 7) is -0.00653. The maximum atomic E-state index is 12.2. The molecule has 0 fully saturated rings. The molecule has 1 rings (SSSR count). The summed E-state index contributed by atoms with van der Waals surface area (Å²) in [7, 11) is 0. The molecule has 0 aliphatic carbocycles. The largest absolute Gasteiger partial charge is 0.416 e. The number of amides is 1. The molecule has 0 aliphatic heterocycles. The Hall–Kier alpha value is -1.59. The van der Waals surface area contributed by atoms with Crippen LogP contribution in [0.5, 0.6) is 0 Å². The molecule has 0 atom stereocenters. The topological polar surface area (TPSA) is 42.0 Å². The molecule has 3 nitrogen and oxygen atoms in total. The number of rotatable bonds is 3. The van der Waals surface area contributed by atoms with Gasteiger partial charge < -0.3 is 5.32 Å². The lowest BCUT2D eigenvalue weighted by molar-refractivity contribution is -0.137. The molecule has 14 heavy (non-hydrogen) atoms. The summed E-state index contributed by atoms with van der Waals surface area (Å²) in [6.07, 6.45) is -2.91. The highest BCUT2D eigenvalue weighted by Crippen LogP contribution is 2.28. The number of alkyl halides is 3. The van der Waals surface area contributed by atoms with Crippen molar-refractivity contribution in [2.75, 3.05) is 0 Å². The molecule has 0 saturated carbocycles. The minimum absolute atomic E-state index is 0.00653. The van der Waals surface area contributed by atoms with Crippen molar-refractivity contribution in [2.24, 2.45) is 0 Å². The maximum absolute atomic E-state index is 12.2. The molecule has 1 heterocycles. The first-order valence-electron chi connectivity index (χ1n) is 3.73. The summed E-state index contributed by atoms with van der Waals surface area (Å²) in [6, 6.07) is 1.78. The number of hydrogen-bond acceptors (Lipinski definition) is 2. The van der Waals surface area contributed by atoms with Gasteiger partial charge in [-0.05, 0) is 12.1 Å². The van der Waals surface area contributed by atoms with Crippen molar-refractivity contribution in [3.8, 4) is 0 Å². The first kappa shape index (κ1) is 10.5. The molecule has 1 amide bonds. The molecule has 1 N–H and O–H groups in total. The van der Waals surface area contributed by atoms with Crippen LogP contribution in [0.1, 0.15) is 11.3 Å². The molecular weight excluding hydrogens is 197 g/mol. The summed E-state index contributed by atoms with van der Waals surface area (Å²) in [5.74, 6) is 0. The van der Waals surface area contributed by atoms with Gasteiger partial charge in [0.1, 0.15) is 0 Å². The van der Waals surface area contributed by atoms with E-state index in [0.717, 1.165) is 18.3 Å². The third-order valence-corrected chi connectivity index (χ3v) is 1.51. The highest BCUT2D eigenvalue weighted by atomic mass is 19.4. The van der Waals surface area contributed by atoms with Crippen LogP contribution in [0.2, 0.25) is 0 Å². The Balaban J connectivity index is 2.84. The van der Waals surface area contributed by atoms with Crippen LogP contribution in [-0.2, 0) is 17.5 Å². The Bertz CT molecular complexity index is 325. The predicted molar refractivity (Wildman–Crippen MR) is 42.1 cm³/mol. The first-order chi connectivity index (χ1) is 6.54. The van der Waals surface area contributed by atoms with Gasteiger partial charge in [0.15, 0.2) is 0 Å². The Morgan fingerprint density at radius 3 is 2.79 bits per heavy atom. The van der Waals surface area contributed by atoms with Gasteiger partial charge in [0.05, 0.1) is 17.8 Å². The molecule has 1 aromatic rings. The molecule has 0 radical (unpaired) electrons. The van der Waals surface area contributed by atoms with Crippen molar-refractivity contribution in [2.45, 2.75) is 12.7 Å². The summed E-state index contributed by atoms with van der Waals surface area (Å²) < 4.78 is 36.5. The number of nitrogens with one attached hydrogen (secondary N) is 1. The number of carbonyl (C=O) groups is 1. The Labute approximate surface area is 78.0 Å². The van der Waals surface area contributed by atoms with Crippen molar-refractivity contribution in [1.82, 2.24) is 10.3 Å². The normalized spacial score (nSPS) is 11.1. The second-order valence-electron chi connectivity index (χ2n) is 2.53. The van der Waals surface area contributed by atoms with Gasteiger partial charge in [0.25, 0.3) is 0 Å². The van der Waals surface area contributed by atoms with Gasteiger partial charge in [-0.3, -0.25) is 9.78 Å². The zero-order chi connectivity index (χ0) is 10.6. The van der Waals surface area contributed by atoms with Crippen molar-refractivity contribution < 1.29 is 18.0 Å². The number of carbonyl (C=O) groups excluding carboxylic acids is 1. The van der Waals surface area contributed by atoms with E-state index in [0.29, 0.717) is 6.41 Å². The molecule has 6 heteroatoms. The van der Waals surface area contributed by atoms with Crippen LogP contribution in [0.15, 0.2) is 18.3 Å². The fourth-order valence-electron chi connectivity index (χ4n) is 0.897. The monoisotopic (exact) mass is 204 g/mol. The van der Waals surface area contributed by atoms with E-state index in [2.05, 4.69) is 10.3 Å². The van der Waals surface area contributed by atoms with E-state index in [9.17, 15) is 18.0 Å². The summed E-state index contributed by atoms with van der Waals surface area (Å²) >= 11 is 0. The highest BCUT2D eigenvalue weighted by Gasteiger charge is 2.30. The maximum Gasteiger partial charge on any atom is 0.416 e. The second-order valence-corrected chi connectivity index (χ2v) is 2.53. The van der Waals surface area contributed by atoms with Crippen LogP contribution in [0, 0.1) is 0 Å². The second kappa shape index (κ2) is 4.08. The van der Waals surface area contributed by atoms with Crippen molar-refractivity contribution in [3.05, 3.63) is 29.6 Å². The number of pyridine rings is 1. The van der Waals surface area contributed by atoms with Crippen molar-refractivity contribution >= 4 is 6.41 Å². The van der Waals surface area contributed by atoms with E-state index < -0.39 is 11.7 Å². The van der Waals surface area contributed by atoms with Crippen LogP contribution >= 0.6 is 0 Å². The fourth-order valence-corrected chi connectivity index (χ4v) is 0.897. The standard InChI is InChI=1S/C8H7F3N2O/c9-8(10,11)6-1-2-13-7(3-6)4-12-5-14/h1-3,5H,4H2,(H,12,14). The minimum Gasteiger partial charge on any atom is -0.353 e. The third kappa shape index (κ3) is 2.72. The minimum atomic E-state index is -4.38. The fraction of sp³-hybridized carbons (Fsp3) is 0.250. The molecule has 0 bridgehead atoms. The van der Waals surface area contributed by atoms with Gasteiger partial charge in [0.2, 0.25) is 6.41 Å². The van der Waals surface area contributed by atoms with Crippen LogP contribution in [0.25, 0.3) is 0 Å². The number of halogens is 3. The average molecular weight is 204 g/mol. The van der Waals surface area contributed by atoms with Crippen LogP contribution in [0.4, 0.5) is 13.2 Å². The molecule has 0 aliphatic rings. The average Bonchev–Trinajstić information content (AvgIpc) is 2.14. The van der Waals surface area contributed by atoms with Gasteiger partial charge in [-0.15, -0.1) is 0 Å². The lowest BCUT2D eigenvalue weighted by Crippen LogP contribution is -2.13. The number of nitrogens with zero attached hydrogens (tertiary/aromatic N) is 1. The van der Waals surface area contributed by atoms with E-state index >= 15 is 0 Å². The zero-order valence-electron chi connectivity index (χ0n) is 7.01. The van der Waals surface area contributed by atoms with Gasteiger partial charge in [-0.1, -0.05) is 0 Å². The van der Waals surface area contributed by atoms with E-state index in [-0.39, 0.29) is 12.2 Å². The van der Waals surface area contributed by atoms with E-state index in [1.807, 2.05) is 0 Å². The van der Waals surface area contributed by atoms with Gasteiger partial charge >= 0.3 is 6.18 Å². The summed E-state index contributed by atoms with van der Waals surface area (Å²) in [4.78, 5) is 13.6. The molecule has 76 valence electrons. The zero-order valence-corrected chi connectivity index (χ0v) is 7.01. The Kier molecular flexibility index (Phi) is 3.06. The lowest BCUT2D eigenvalue weighted by Gasteiger charge is -2.07. The first-order valence-corrected chi connectivity index (χ1v) is 3.73. The SMILES string of the molecule is O=CNCc1cc(C(F)(F)F)ccn1. The van der Waals surface area contributed by atoms with E-state index in [1.54, 1.807) is 0 Å². The molecule has 1 aromatic heterocycles. The van der Waals surface area contributed by atoms with Gasteiger partial charge in [-0.2, -0.15) is 13.2 Å². The Morgan fingerprint density at radius 2 is 2.21 bits per heavy atom. The molecule has 0 spiro atoms. The van der Waals surface area contributed by atoms with Crippen molar-refractivity contribution in [3.63, 3.8) is 0 Å². The van der Waals surface area contributed by atoms with Gasteiger partial charge in [-0.25, -0.2) is 0 Å². The molecule has 0 saturated heterocycles. The molecule has 0 aromatic carbocycles. The van der Waals surface area contributed by atoms with Crippen LogP contribution in [0.3, 0.4) is 0 Å². The lowest BCUT2D eigenvalue weighted by atomic mass is 10.2. The molecular formula is C8H7F3N2O. The summed E-state index contributed by atoms with van der Waals surface area (Å²) in [5, 5.41) is 2.23. The van der Waals surface area contributed by atoms with Crippen molar-refractivity contribution in [1.29, 1.82) is 0 Å². The predicted octanol–water partition coefficient (Wildman–Crippen LogP) is 1.35. The van der Waals surface area contributed by atoms with Crippen LogP contribution < -0.4 is 5.32 Å². The highest BCUT2D eigenvalue weighted by molar-refractivity contribution is 5.46. The summed E-state index contributed by atoms with van der Waals surface area (Å²) in [5.41, 5.74) is -0.595. The van der Waals surface area contributed by atoms with E-state index in [1.165, 1.54) is 0 Å². The third-order valence-electron chi connectivity index (χ3n) is 1.51. The van der Waals surface area contributed by atoms with Crippen LogP contribution in [-0.4, -0.2) is 11.4 Å². The Morgan fingerprint density at radius 1 is 1.50 bits per heavy atom. The number of aromatic nitrogens is 1.